The van der Waals surface area contributed by atoms with Crippen LogP contribution in [-0.2, 0) is 0 Å². The van der Waals surface area contributed by atoms with E-state index in [0.717, 1.165) is 36.8 Å². The normalized spacial score (nSPS) is 19.3. The third kappa shape index (κ3) is 4.28. The molecule has 1 aliphatic rings. The molecule has 2 aromatic heterocycles. The van der Waals surface area contributed by atoms with Gasteiger partial charge in [-0.1, -0.05) is 18.1 Å². The van der Waals surface area contributed by atoms with Crippen molar-refractivity contribution in [3.8, 4) is 11.3 Å². The number of aromatic nitrogens is 5. The summed E-state index contributed by atoms with van der Waals surface area (Å²) in [6.45, 7) is 1.88. The summed E-state index contributed by atoms with van der Waals surface area (Å²) in [6, 6.07) is 5.36. The number of anilines is 2. The minimum absolute atomic E-state index is 0.0946. The first-order valence-electron chi connectivity index (χ1n) is 9.70. The summed E-state index contributed by atoms with van der Waals surface area (Å²) in [5.74, 6) is -1.28. The standard InChI is InChI=1S/C20H21F3N6O/c1-11-6-12(15-10-29(28-27-15)16-4-2-3-5-17(16)30)8-13(7-11)25-20-24-9-14(21)18(26-20)19(22)23/h6-10,16-17,19,30H,2-5H2,1H3,(H,24,25,26). The van der Waals surface area contributed by atoms with Crippen molar-refractivity contribution in [2.24, 2.45) is 0 Å². The number of alkyl halides is 2. The number of benzene rings is 1. The Labute approximate surface area is 171 Å². The van der Waals surface area contributed by atoms with Gasteiger partial charge in [0.2, 0.25) is 5.95 Å². The molecule has 0 spiro atoms. The van der Waals surface area contributed by atoms with Crippen molar-refractivity contribution < 1.29 is 18.3 Å². The summed E-state index contributed by atoms with van der Waals surface area (Å²) in [5.41, 5.74) is 1.86. The summed E-state index contributed by atoms with van der Waals surface area (Å²) in [5, 5.41) is 21.5. The molecule has 1 fully saturated rings. The van der Waals surface area contributed by atoms with Gasteiger partial charge < -0.3 is 10.4 Å². The molecule has 4 rings (SSSR count). The van der Waals surface area contributed by atoms with Crippen LogP contribution in [0.15, 0.2) is 30.6 Å². The van der Waals surface area contributed by atoms with E-state index in [1.807, 2.05) is 13.0 Å². The number of aliphatic hydroxyl groups is 1. The summed E-state index contributed by atoms with van der Waals surface area (Å²) in [7, 11) is 0. The monoisotopic (exact) mass is 418 g/mol. The summed E-state index contributed by atoms with van der Waals surface area (Å²) < 4.78 is 40.9. The van der Waals surface area contributed by atoms with Crippen LogP contribution in [-0.4, -0.2) is 36.2 Å². The molecule has 2 atom stereocenters. The fraction of sp³-hybridized carbons (Fsp3) is 0.400. The Hall–Kier alpha value is -3.01. The molecule has 0 aliphatic heterocycles. The number of halogens is 3. The second-order valence-electron chi connectivity index (χ2n) is 7.44. The maximum atomic E-state index is 13.4. The predicted molar refractivity (Wildman–Crippen MR) is 104 cm³/mol. The van der Waals surface area contributed by atoms with Crippen molar-refractivity contribution in [3.63, 3.8) is 0 Å². The van der Waals surface area contributed by atoms with Crippen LogP contribution in [0.2, 0.25) is 0 Å². The average Bonchev–Trinajstić information content (AvgIpc) is 3.19. The fourth-order valence-electron chi connectivity index (χ4n) is 3.70. The second-order valence-corrected chi connectivity index (χ2v) is 7.44. The van der Waals surface area contributed by atoms with Crippen molar-refractivity contribution in [2.45, 2.75) is 51.2 Å². The van der Waals surface area contributed by atoms with Crippen LogP contribution < -0.4 is 5.32 Å². The van der Waals surface area contributed by atoms with Gasteiger partial charge in [0.25, 0.3) is 6.43 Å². The lowest BCUT2D eigenvalue weighted by Gasteiger charge is -2.27. The van der Waals surface area contributed by atoms with Gasteiger partial charge in [0, 0.05) is 11.3 Å². The van der Waals surface area contributed by atoms with Crippen LogP contribution in [0.5, 0.6) is 0 Å². The fourth-order valence-corrected chi connectivity index (χ4v) is 3.70. The van der Waals surface area contributed by atoms with Gasteiger partial charge >= 0.3 is 0 Å². The van der Waals surface area contributed by atoms with Gasteiger partial charge in [-0.25, -0.2) is 27.8 Å². The first-order chi connectivity index (χ1) is 14.4. The molecule has 1 aromatic carbocycles. The molecule has 0 amide bonds. The number of aryl methyl sites for hydroxylation is 1. The van der Waals surface area contributed by atoms with Crippen LogP contribution in [0.1, 0.15) is 49.4 Å². The van der Waals surface area contributed by atoms with E-state index in [9.17, 15) is 18.3 Å². The molecule has 1 saturated carbocycles. The zero-order valence-electron chi connectivity index (χ0n) is 16.3. The molecule has 0 radical (unpaired) electrons. The van der Waals surface area contributed by atoms with E-state index in [4.69, 9.17) is 0 Å². The lowest BCUT2D eigenvalue weighted by atomic mass is 9.93. The molecule has 1 aliphatic carbocycles. The van der Waals surface area contributed by atoms with E-state index in [2.05, 4.69) is 25.6 Å². The van der Waals surface area contributed by atoms with Crippen LogP contribution in [0.25, 0.3) is 11.3 Å². The van der Waals surface area contributed by atoms with Crippen LogP contribution in [0.3, 0.4) is 0 Å². The molecule has 0 bridgehead atoms. The Balaban J connectivity index is 1.59. The Morgan fingerprint density at radius 1 is 1.20 bits per heavy atom. The van der Waals surface area contributed by atoms with Crippen molar-refractivity contribution in [1.82, 2.24) is 25.0 Å². The van der Waals surface area contributed by atoms with Crippen molar-refractivity contribution in [1.29, 1.82) is 0 Å². The highest BCUT2D eigenvalue weighted by atomic mass is 19.3. The van der Waals surface area contributed by atoms with Gasteiger partial charge in [0.1, 0.15) is 11.4 Å². The highest BCUT2D eigenvalue weighted by Gasteiger charge is 2.26. The van der Waals surface area contributed by atoms with E-state index in [1.54, 1.807) is 23.0 Å². The number of hydrogen-bond donors (Lipinski definition) is 2. The van der Waals surface area contributed by atoms with Gasteiger partial charge in [0.05, 0.1) is 24.5 Å². The van der Waals surface area contributed by atoms with Gasteiger partial charge in [0.15, 0.2) is 5.82 Å². The molecular weight excluding hydrogens is 397 g/mol. The first kappa shape index (κ1) is 20.3. The summed E-state index contributed by atoms with van der Waals surface area (Å²) in [4.78, 5) is 7.30. The number of hydrogen-bond acceptors (Lipinski definition) is 6. The molecule has 7 nitrogen and oxygen atoms in total. The highest BCUT2D eigenvalue weighted by Crippen LogP contribution is 2.30. The maximum absolute atomic E-state index is 13.4. The number of aliphatic hydroxyl groups excluding tert-OH is 1. The SMILES string of the molecule is Cc1cc(Nc2ncc(F)c(C(F)F)n2)cc(-c2cn(C3CCCCC3O)nn2)c1. The van der Waals surface area contributed by atoms with Gasteiger partial charge in [-0.05, 0) is 43.5 Å². The highest BCUT2D eigenvalue weighted by molar-refractivity contribution is 5.68. The lowest BCUT2D eigenvalue weighted by molar-refractivity contribution is 0.0685. The minimum atomic E-state index is -3.04. The quantitative estimate of drug-likeness (QED) is 0.641. The molecule has 30 heavy (non-hydrogen) atoms. The van der Waals surface area contributed by atoms with Crippen LogP contribution in [0.4, 0.5) is 24.8 Å². The number of nitrogens with zero attached hydrogens (tertiary/aromatic N) is 5. The zero-order valence-corrected chi connectivity index (χ0v) is 16.3. The van der Waals surface area contributed by atoms with E-state index < -0.39 is 24.0 Å². The Morgan fingerprint density at radius 2 is 2.00 bits per heavy atom. The predicted octanol–water partition coefficient (Wildman–Crippen LogP) is 4.34. The van der Waals surface area contributed by atoms with Crippen LogP contribution >= 0.6 is 0 Å². The number of nitrogens with one attached hydrogen (secondary N) is 1. The molecule has 0 saturated heterocycles. The summed E-state index contributed by atoms with van der Waals surface area (Å²) in [6.07, 6.45) is 2.67. The minimum Gasteiger partial charge on any atom is -0.391 e. The first-order valence-corrected chi connectivity index (χ1v) is 9.70. The van der Waals surface area contributed by atoms with Crippen molar-refractivity contribution in [2.75, 3.05) is 5.32 Å². The average molecular weight is 418 g/mol. The van der Waals surface area contributed by atoms with E-state index >= 15 is 0 Å². The summed E-state index contributed by atoms with van der Waals surface area (Å²) >= 11 is 0. The second kappa shape index (κ2) is 8.39. The lowest BCUT2D eigenvalue weighted by Crippen LogP contribution is -2.27. The molecule has 2 unspecified atom stereocenters. The van der Waals surface area contributed by atoms with E-state index in [1.165, 1.54) is 0 Å². The van der Waals surface area contributed by atoms with Crippen molar-refractivity contribution in [3.05, 3.63) is 47.7 Å². The van der Waals surface area contributed by atoms with Crippen molar-refractivity contribution >= 4 is 11.6 Å². The Bertz CT molecular complexity index is 1040. The largest absolute Gasteiger partial charge is 0.391 e. The molecule has 10 heteroatoms. The van der Waals surface area contributed by atoms with Crippen LogP contribution in [0, 0.1) is 12.7 Å². The number of rotatable bonds is 5. The smallest absolute Gasteiger partial charge is 0.283 e. The molecule has 158 valence electrons. The maximum Gasteiger partial charge on any atom is 0.283 e. The van der Waals surface area contributed by atoms with E-state index in [0.29, 0.717) is 17.6 Å². The topological polar surface area (TPSA) is 88.8 Å². The third-order valence-electron chi connectivity index (χ3n) is 5.15. The molecule has 3 aromatic rings. The van der Waals surface area contributed by atoms with Gasteiger partial charge in [-0.15, -0.1) is 5.10 Å². The van der Waals surface area contributed by atoms with Gasteiger partial charge in [-0.2, -0.15) is 0 Å². The molecular formula is C20H21F3N6O. The molecule has 2 N–H and O–H groups in total. The zero-order chi connectivity index (χ0) is 21.3. The Kier molecular flexibility index (Phi) is 5.67. The Morgan fingerprint density at radius 3 is 2.77 bits per heavy atom. The third-order valence-corrected chi connectivity index (χ3v) is 5.15. The van der Waals surface area contributed by atoms with Gasteiger partial charge in [-0.3, -0.25) is 0 Å². The van der Waals surface area contributed by atoms with E-state index in [-0.39, 0.29) is 12.0 Å². The molecule has 2 heterocycles.